The Bertz CT molecular complexity index is 906. The van der Waals surface area contributed by atoms with E-state index in [0.717, 1.165) is 10.4 Å². The number of nitrogens with zero attached hydrogens (tertiary/aromatic N) is 2. The SMILES string of the molecule is COC(=O)c1nc(NC(=O)[C@H](C)N2Cc3ccccc3C2=O)sc1C(C)C. The van der Waals surface area contributed by atoms with Gasteiger partial charge in [0.1, 0.15) is 6.04 Å². The van der Waals surface area contributed by atoms with Gasteiger partial charge in [-0.3, -0.25) is 9.59 Å². The molecule has 0 saturated carbocycles. The molecule has 2 heterocycles. The highest BCUT2D eigenvalue weighted by Gasteiger charge is 2.34. The molecule has 0 bridgehead atoms. The fraction of sp³-hybridized carbons (Fsp3) is 0.368. The number of nitrogens with one attached hydrogen (secondary N) is 1. The van der Waals surface area contributed by atoms with Gasteiger partial charge in [-0.15, -0.1) is 11.3 Å². The molecule has 1 atom stereocenters. The van der Waals surface area contributed by atoms with E-state index in [1.54, 1.807) is 13.0 Å². The zero-order valence-corrected chi connectivity index (χ0v) is 16.4. The predicted molar refractivity (Wildman–Crippen MR) is 102 cm³/mol. The molecule has 0 unspecified atom stereocenters. The van der Waals surface area contributed by atoms with E-state index in [9.17, 15) is 14.4 Å². The van der Waals surface area contributed by atoms with Gasteiger partial charge in [0.05, 0.1) is 7.11 Å². The number of hydrogen-bond donors (Lipinski definition) is 1. The van der Waals surface area contributed by atoms with Crippen LogP contribution in [0, 0.1) is 0 Å². The number of thiazole rings is 1. The van der Waals surface area contributed by atoms with Gasteiger partial charge in [0, 0.05) is 17.0 Å². The number of ether oxygens (including phenoxy) is 1. The second-order valence-corrected chi connectivity index (χ2v) is 7.66. The Hall–Kier alpha value is -2.74. The molecule has 2 amide bonds. The van der Waals surface area contributed by atoms with Crippen LogP contribution < -0.4 is 5.32 Å². The van der Waals surface area contributed by atoms with Crippen LogP contribution in [-0.2, 0) is 16.1 Å². The third kappa shape index (κ3) is 3.57. The molecule has 0 aliphatic carbocycles. The molecule has 1 N–H and O–H groups in total. The van der Waals surface area contributed by atoms with Crippen LogP contribution in [0.4, 0.5) is 5.13 Å². The number of esters is 1. The maximum absolute atomic E-state index is 12.7. The number of benzene rings is 1. The van der Waals surface area contributed by atoms with Crippen molar-refractivity contribution in [3.8, 4) is 0 Å². The number of aromatic nitrogens is 1. The smallest absolute Gasteiger partial charge is 0.357 e. The van der Waals surface area contributed by atoms with Crippen LogP contribution in [0.1, 0.15) is 58.0 Å². The molecule has 1 aromatic carbocycles. The van der Waals surface area contributed by atoms with Crippen LogP contribution in [0.5, 0.6) is 0 Å². The minimum Gasteiger partial charge on any atom is -0.464 e. The van der Waals surface area contributed by atoms with Gasteiger partial charge in [0.2, 0.25) is 5.91 Å². The van der Waals surface area contributed by atoms with Gasteiger partial charge in [-0.1, -0.05) is 32.0 Å². The zero-order chi connectivity index (χ0) is 19.7. The molecule has 142 valence electrons. The Kier molecular flexibility index (Phi) is 5.27. The molecule has 1 aliphatic rings. The lowest BCUT2D eigenvalue weighted by Crippen LogP contribution is -2.42. The van der Waals surface area contributed by atoms with Crippen molar-refractivity contribution in [2.75, 3.05) is 12.4 Å². The fourth-order valence-corrected chi connectivity index (χ4v) is 3.92. The standard InChI is InChI=1S/C19H21N3O4S/c1-10(2)15-14(18(25)26-4)20-19(27-15)21-16(23)11(3)22-9-12-7-5-6-8-13(12)17(22)24/h5-8,10-11H,9H2,1-4H3,(H,20,21,23)/t11-/m0/s1. The lowest BCUT2D eigenvalue weighted by atomic mass is 10.1. The second-order valence-electron chi connectivity index (χ2n) is 6.63. The maximum Gasteiger partial charge on any atom is 0.357 e. The predicted octanol–water partition coefficient (Wildman–Crippen LogP) is 3.04. The van der Waals surface area contributed by atoms with E-state index in [2.05, 4.69) is 10.3 Å². The zero-order valence-electron chi connectivity index (χ0n) is 15.6. The molecule has 2 aromatic rings. The number of carbonyl (C=O) groups excluding carboxylic acids is 3. The molecule has 3 rings (SSSR count). The van der Waals surface area contributed by atoms with E-state index in [4.69, 9.17) is 4.74 Å². The van der Waals surface area contributed by atoms with Crippen LogP contribution in [-0.4, -0.2) is 40.8 Å². The maximum atomic E-state index is 12.7. The van der Waals surface area contributed by atoms with E-state index in [0.29, 0.717) is 17.2 Å². The van der Waals surface area contributed by atoms with Gasteiger partial charge in [0.15, 0.2) is 10.8 Å². The van der Waals surface area contributed by atoms with Gasteiger partial charge in [-0.2, -0.15) is 0 Å². The summed E-state index contributed by atoms with van der Waals surface area (Å²) in [6.45, 7) is 5.95. The number of fused-ring (bicyclic) bond motifs is 1. The average Bonchev–Trinajstić information content (AvgIpc) is 3.22. The van der Waals surface area contributed by atoms with Crippen molar-refractivity contribution in [1.29, 1.82) is 0 Å². The first kappa shape index (κ1) is 19.0. The van der Waals surface area contributed by atoms with Gasteiger partial charge >= 0.3 is 5.97 Å². The summed E-state index contributed by atoms with van der Waals surface area (Å²) in [6.07, 6.45) is 0. The Labute approximate surface area is 161 Å². The molecular weight excluding hydrogens is 366 g/mol. The van der Waals surface area contributed by atoms with Gasteiger partial charge in [0.25, 0.3) is 5.91 Å². The molecular formula is C19H21N3O4S. The van der Waals surface area contributed by atoms with Crippen molar-refractivity contribution in [2.24, 2.45) is 0 Å². The topological polar surface area (TPSA) is 88.6 Å². The molecule has 0 fully saturated rings. The molecule has 1 aromatic heterocycles. The van der Waals surface area contributed by atoms with Crippen LogP contribution >= 0.6 is 11.3 Å². The van der Waals surface area contributed by atoms with E-state index >= 15 is 0 Å². The molecule has 7 nitrogen and oxygen atoms in total. The van der Waals surface area contributed by atoms with E-state index in [1.165, 1.54) is 23.3 Å². The van der Waals surface area contributed by atoms with Crippen LogP contribution in [0.25, 0.3) is 0 Å². The minimum atomic E-state index is -0.669. The van der Waals surface area contributed by atoms with Crippen molar-refractivity contribution in [2.45, 2.75) is 39.3 Å². The summed E-state index contributed by atoms with van der Waals surface area (Å²) in [5.41, 5.74) is 1.75. The number of methoxy groups -OCH3 is 1. The Balaban J connectivity index is 1.76. The summed E-state index contributed by atoms with van der Waals surface area (Å²) in [5.74, 6) is -0.981. The summed E-state index contributed by atoms with van der Waals surface area (Å²) < 4.78 is 4.76. The van der Waals surface area contributed by atoms with Gasteiger partial charge in [-0.05, 0) is 24.5 Å². The van der Waals surface area contributed by atoms with Crippen LogP contribution in [0.15, 0.2) is 24.3 Å². The highest BCUT2D eigenvalue weighted by molar-refractivity contribution is 7.16. The van der Waals surface area contributed by atoms with Crippen LogP contribution in [0.2, 0.25) is 0 Å². The molecule has 0 spiro atoms. The quantitative estimate of drug-likeness (QED) is 0.797. The highest BCUT2D eigenvalue weighted by atomic mass is 32.1. The number of anilines is 1. The Morgan fingerprint density at radius 1 is 1.26 bits per heavy atom. The number of amides is 2. The van der Waals surface area contributed by atoms with Crippen molar-refractivity contribution in [1.82, 2.24) is 9.88 Å². The van der Waals surface area contributed by atoms with Gasteiger partial charge in [-0.25, -0.2) is 9.78 Å². The fourth-order valence-electron chi connectivity index (χ4n) is 2.96. The lowest BCUT2D eigenvalue weighted by molar-refractivity contribution is -0.120. The third-order valence-electron chi connectivity index (χ3n) is 4.48. The monoisotopic (exact) mass is 387 g/mol. The van der Waals surface area contributed by atoms with Gasteiger partial charge < -0.3 is 15.0 Å². The van der Waals surface area contributed by atoms with Crippen molar-refractivity contribution < 1.29 is 19.1 Å². The lowest BCUT2D eigenvalue weighted by Gasteiger charge is -2.22. The van der Waals surface area contributed by atoms with Crippen molar-refractivity contribution in [3.05, 3.63) is 46.0 Å². The molecule has 0 radical (unpaired) electrons. The van der Waals surface area contributed by atoms with Crippen LogP contribution in [0.3, 0.4) is 0 Å². The summed E-state index contributed by atoms with van der Waals surface area (Å²) >= 11 is 1.24. The van der Waals surface area contributed by atoms with Crippen molar-refractivity contribution in [3.63, 3.8) is 0 Å². The Morgan fingerprint density at radius 2 is 1.96 bits per heavy atom. The normalized spacial score (nSPS) is 14.3. The number of hydrogen-bond acceptors (Lipinski definition) is 6. The molecule has 1 aliphatic heterocycles. The van der Waals surface area contributed by atoms with E-state index < -0.39 is 12.0 Å². The molecule has 8 heteroatoms. The first-order valence-corrected chi connectivity index (χ1v) is 9.44. The van der Waals surface area contributed by atoms with E-state index in [-0.39, 0.29) is 23.4 Å². The summed E-state index contributed by atoms with van der Waals surface area (Å²) in [6, 6.07) is 6.66. The third-order valence-corrected chi connectivity index (χ3v) is 5.75. The summed E-state index contributed by atoms with van der Waals surface area (Å²) in [4.78, 5) is 43.6. The average molecular weight is 387 g/mol. The van der Waals surface area contributed by atoms with E-state index in [1.807, 2.05) is 32.0 Å². The molecule has 27 heavy (non-hydrogen) atoms. The van der Waals surface area contributed by atoms with Crippen molar-refractivity contribution >= 4 is 34.3 Å². The second kappa shape index (κ2) is 7.48. The highest BCUT2D eigenvalue weighted by Crippen LogP contribution is 2.31. The first-order chi connectivity index (χ1) is 12.8. The number of rotatable bonds is 5. The largest absolute Gasteiger partial charge is 0.464 e. The number of carbonyl (C=O) groups is 3. The summed E-state index contributed by atoms with van der Waals surface area (Å²) in [5, 5.41) is 3.05. The summed E-state index contributed by atoms with van der Waals surface area (Å²) in [7, 11) is 1.29. The molecule has 0 saturated heterocycles. The first-order valence-electron chi connectivity index (χ1n) is 8.62. The minimum absolute atomic E-state index is 0.0642. The Morgan fingerprint density at radius 3 is 2.59 bits per heavy atom.